The van der Waals surface area contributed by atoms with Gasteiger partial charge in [-0.2, -0.15) is 0 Å². The third-order valence-corrected chi connectivity index (χ3v) is 3.06. The van der Waals surface area contributed by atoms with Crippen molar-refractivity contribution in [1.82, 2.24) is 0 Å². The van der Waals surface area contributed by atoms with E-state index >= 15 is 0 Å². The molecule has 0 heterocycles. The number of anilines is 1. The van der Waals surface area contributed by atoms with Gasteiger partial charge in [0.2, 0.25) is 11.8 Å². The number of primary amides is 1. The van der Waals surface area contributed by atoms with Crippen LogP contribution >= 0.6 is 34.8 Å². The number of hydrogen-bond acceptors (Lipinski definition) is 3. The molecule has 5 N–H and O–H groups in total. The molecule has 0 fully saturated rings. The predicted molar refractivity (Wildman–Crippen MR) is 71.9 cm³/mol. The summed E-state index contributed by atoms with van der Waals surface area (Å²) in [6.07, 6.45) is -0.259. The molecule has 2 amide bonds. The molecule has 0 spiro atoms. The number of hydrogen-bond donors (Lipinski definition) is 3. The van der Waals surface area contributed by atoms with Gasteiger partial charge in [0.1, 0.15) is 0 Å². The van der Waals surface area contributed by atoms with Crippen molar-refractivity contribution in [2.45, 2.75) is 12.5 Å². The Kier molecular flexibility index (Phi) is 5.22. The number of carbonyl (C=O) groups excluding carboxylic acids is 2. The third kappa shape index (κ3) is 4.03. The van der Waals surface area contributed by atoms with Gasteiger partial charge in [-0.3, -0.25) is 9.59 Å². The highest BCUT2D eigenvalue weighted by Crippen LogP contribution is 2.32. The second-order valence-corrected chi connectivity index (χ2v) is 4.73. The summed E-state index contributed by atoms with van der Waals surface area (Å²) < 4.78 is 0. The Morgan fingerprint density at radius 3 is 2.28 bits per heavy atom. The maximum absolute atomic E-state index is 11.6. The van der Waals surface area contributed by atoms with Crippen molar-refractivity contribution in [3.8, 4) is 0 Å². The predicted octanol–water partition coefficient (Wildman–Crippen LogP) is 1.79. The first-order chi connectivity index (χ1) is 8.31. The molecule has 1 atom stereocenters. The smallest absolute Gasteiger partial charge is 0.241 e. The van der Waals surface area contributed by atoms with Gasteiger partial charge in [0.15, 0.2) is 0 Å². The van der Waals surface area contributed by atoms with E-state index in [0.29, 0.717) is 0 Å². The average molecular weight is 311 g/mol. The Morgan fingerprint density at radius 1 is 1.17 bits per heavy atom. The molecule has 98 valence electrons. The summed E-state index contributed by atoms with van der Waals surface area (Å²) in [7, 11) is 0. The second-order valence-electron chi connectivity index (χ2n) is 3.51. The van der Waals surface area contributed by atoms with Gasteiger partial charge in [-0.15, -0.1) is 0 Å². The van der Waals surface area contributed by atoms with Gasteiger partial charge < -0.3 is 16.8 Å². The minimum atomic E-state index is -1.05. The number of halogens is 3. The van der Waals surface area contributed by atoms with Crippen LogP contribution in [0, 0.1) is 0 Å². The summed E-state index contributed by atoms with van der Waals surface area (Å²) in [5.41, 5.74) is 10.7. The topological polar surface area (TPSA) is 98.2 Å². The highest BCUT2D eigenvalue weighted by atomic mass is 35.5. The summed E-state index contributed by atoms with van der Waals surface area (Å²) in [6.45, 7) is 0. The van der Waals surface area contributed by atoms with Crippen molar-refractivity contribution >= 4 is 52.3 Å². The molecule has 0 radical (unpaired) electrons. The van der Waals surface area contributed by atoms with Crippen LogP contribution in [-0.4, -0.2) is 17.9 Å². The van der Waals surface area contributed by atoms with Crippen LogP contribution in [0.4, 0.5) is 5.69 Å². The first kappa shape index (κ1) is 15.0. The standard InChI is InChI=1S/C10H10Cl3N3O2/c11-4-1-6(13)8(2-5(4)12)16-10(18)7(14)3-9(15)17/h1-2,7H,3,14H2,(H2,15,17)(H,16,18). The van der Waals surface area contributed by atoms with Crippen LogP contribution in [-0.2, 0) is 9.59 Å². The lowest BCUT2D eigenvalue weighted by molar-refractivity contribution is -0.123. The number of carbonyl (C=O) groups is 2. The maximum Gasteiger partial charge on any atom is 0.241 e. The molecule has 5 nitrogen and oxygen atoms in total. The summed E-state index contributed by atoms with van der Waals surface area (Å²) >= 11 is 17.4. The summed E-state index contributed by atoms with van der Waals surface area (Å²) in [5, 5.41) is 3.15. The van der Waals surface area contributed by atoms with Crippen molar-refractivity contribution in [3.05, 3.63) is 27.2 Å². The quantitative estimate of drug-likeness (QED) is 0.739. The van der Waals surface area contributed by atoms with E-state index in [1.807, 2.05) is 0 Å². The van der Waals surface area contributed by atoms with Crippen molar-refractivity contribution in [2.75, 3.05) is 5.32 Å². The van der Waals surface area contributed by atoms with E-state index in [2.05, 4.69) is 5.32 Å². The first-order valence-electron chi connectivity index (χ1n) is 4.80. The molecule has 0 saturated heterocycles. The van der Waals surface area contributed by atoms with E-state index in [1.165, 1.54) is 12.1 Å². The third-order valence-electron chi connectivity index (χ3n) is 2.03. The van der Waals surface area contributed by atoms with E-state index in [-0.39, 0.29) is 27.2 Å². The monoisotopic (exact) mass is 309 g/mol. The van der Waals surface area contributed by atoms with Crippen molar-refractivity contribution in [1.29, 1.82) is 0 Å². The minimum absolute atomic E-state index is 0.212. The van der Waals surface area contributed by atoms with Gasteiger partial charge in [-0.1, -0.05) is 34.8 Å². The van der Waals surface area contributed by atoms with Crippen LogP contribution < -0.4 is 16.8 Å². The van der Waals surface area contributed by atoms with Gasteiger partial charge in [-0.05, 0) is 12.1 Å². The summed E-state index contributed by atoms with van der Waals surface area (Å²) in [4.78, 5) is 22.2. The fraction of sp³-hybridized carbons (Fsp3) is 0.200. The Morgan fingerprint density at radius 2 is 1.72 bits per heavy atom. The van der Waals surface area contributed by atoms with Crippen LogP contribution in [0.25, 0.3) is 0 Å². The van der Waals surface area contributed by atoms with Crippen LogP contribution in [0.3, 0.4) is 0 Å². The molecule has 0 aromatic heterocycles. The maximum atomic E-state index is 11.6. The van der Waals surface area contributed by atoms with Crippen LogP contribution in [0.5, 0.6) is 0 Å². The van der Waals surface area contributed by atoms with Gasteiger partial charge in [0.25, 0.3) is 0 Å². The molecule has 0 aliphatic rings. The van der Waals surface area contributed by atoms with E-state index < -0.39 is 17.9 Å². The average Bonchev–Trinajstić information content (AvgIpc) is 2.24. The van der Waals surface area contributed by atoms with Crippen molar-refractivity contribution in [2.24, 2.45) is 11.5 Å². The van der Waals surface area contributed by atoms with Crippen LogP contribution in [0.15, 0.2) is 12.1 Å². The summed E-state index contributed by atoms with van der Waals surface area (Å²) in [6, 6.07) is 1.73. The van der Waals surface area contributed by atoms with Crippen LogP contribution in [0.1, 0.15) is 6.42 Å². The molecular formula is C10H10Cl3N3O2. The molecule has 1 aromatic carbocycles. The van der Waals surface area contributed by atoms with E-state index in [9.17, 15) is 9.59 Å². The molecule has 0 saturated carbocycles. The van der Waals surface area contributed by atoms with Gasteiger partial charge in [0.05, 0.1) is 33.2 Å². The molecule has 1 rings (SSSR count). The number of amides is 2. The summed E-state index contributed by atoms with van der Waals surface area (Å²) in [5.74, 6) is -1.26. The lowest BCUT2D eigenvalue weighted by Gasteiger charge is -2.12. The number of benzene rings is 1. The van der Waals surface area contributed by atoms with Gasteiger partial charge in [-0.25, -0.2) is 0 Å². The number of nitrogens with two attached hydrogens (primary N) is 2. The second kappa shape index (κ2) is 6.24. The molecule has 0 bridgehead atoms. The Labute approximate surface area is 118 Å². The zero-order valence-electron chi connectivity index (χ0n) is 9.04. The zero-order valence-corrected chi connectivity index (χ0v) is 11.3. The van der Waals surface area contributed by atoms with E-state index in [1.54, 1.807) is 0 Å². The molecular weight excluding hydrogens is 300 g/mol. The fourth-order valence-electron chi connectivity index (χ4n) is 1.15. The lowest BCUT2D eigenvalue weighted by atomic mass is 10.2. The normalized spacial score (nSPS) is 12.0. The fourth-order valence-corrected chi connectivity index (χ4v) is 1.75. The van der Waals surface area contributed by atoms with E-state index in [4.69, 9.17) is 46.3 Å². The minimum Gasteiger partial charge on any atom is -0.370 e. The Hall–Kier alpha value is -1.01. The highest BCUT2D eigenvalue weighted by molar-refractivity contribution is 6.44. The molecule has 0 aliphatic heterocycles. The van der Waals surface area contributed by atoms with Crippen LogP contribution in [0.2, 0.25) is 15.1 Å². The van der Waals surface area contributed by atoms with Crippen molar-refractivity contribution in [3.63, 3.8) is 0 Å². The SMILES string of the molecule is NC(=O)CC(N)C(=O)Nc1cc(Cl)c(Cl)cc1Cl. The molecule has 0 aliphatic carbocycles. The highest BCUT2D eigenvalue weighted by Gasteiger charge is 2.17. The van der Waals surface area contributed by atoms with Crippen molar-refractivity contribution < 1.29 is 9.59 Å². The first-order valence-corrected chi connectivity index (χ1v) is 5.94. The molecule has 1 aromatic rings. The largest absolute Gasteiger partial charge is 0.370 e. The number of nitrogens with one attached hydrogen (secondary N) is 1. The molecule has 18 heavy (non-hydrogen) atoms. The number of rotatable bonds is 4. The Balaban J connectivity index is 2.82. The Bertz CT molecular complexity index is 494. The van der Waals surface area contributed by atoms with Gasteiger partial charge >= 0.3 is 0 Å². The van der Waals surface area contributed by atoms with E-state index in [0.717, 1.165) is 0 Å². The zero-order chi connectivity index (χ0) is 13.9. The molecule has 1 unspecified atom stereocenters. The lowest BCUT2D eigenvalue weighted by Crippen LogP contribution is -2.39. The molecule has 8 heteroatoms. The van der Waals surface area contributed by atoms with Gasteiger partial charge in [0, 0.05) is 0 Å².